The maximum absolute atomic E-state index is 12.4. The van der Waals surface area contributed by atoms with E-state index < -0.39 is 5.97 Å². The minimum atomic E-state index is -0.919. The van der Waals surface area contributed by atoms with E-state index in [9.17, 15) is 9.59 Å². The van der Waals surface area contributed by atoms with Crippen molar-refractivity contribution in [2.75, 3.05) is 13.1 Å². The number of hydrogen-bond acceptors (Lipinski definition) is 2. The van der Waals surface area contributed by atoms with E-state index in [0.717, 1.165) is 44.1 Å². The third-order valence-corrected chi connectivity index (χ3v) is 5.28. The Balaban J connectivity index is 1.53. The fourth-order valence-electron chi connectivity index (χ4n) is 3.80. The minimum absolute atomic E-state index is 0.112. The molecule has 5 nitrogen and oxygen atoms in total. The Labute approximate surface area is 126 Å². The van der Waals surface area contributed by atoms with Crippen LogP contribution >= 0.6 is 0 Å². The largest absolute Gasteiger partial charge is 0.480 e. The van der Waals surface area contributed by atoms with E-state index in [1.807, 2.05) is 0 Å². The number of aliphatic carboxylic acids is 1. The van der Waals surface area contributed by atoms with Crippen LogP contribution in [0.5, 0.6) is 0 Å². The van der Waals surface area contributed by atoms with Crippen LogP contribution in [-0.4, -0.2) is 41.1 Å². The molecule has 0 atom stereocenters. The van der Waals surface area contributed by atoms with Crippen molar-refractivity contribution in [3.8, 4) is 0 Å². The van der Waals surface area contributed by atoms with Crippen molar-refractivity contribution in [1.29, 1.82) is 0 Å². The van der Waals surface area contributed by atoms with Gasteiger partial charge in [-0.15, -0.1) is 0 Å². The Kier molecular flexibility index (Phi) is 4.36. The van der Waals surface area contributed by atoms with Gasteiger partial charge in [0.25, 0.3) is 0 Å². The molecule has 0 spiro atoms. The fourth-order valence-corrected chi connectivity index (χ4v) is 3.80. The van der Waals surface area contributed by atoms with Gasteiger partial charge >= 0.3 is 12.0 Å². The first-order valence-corrected chi connectivity index (χ1v) is 8.41. The molecule has 2 N–H and O–H groups in total. The number of urea groups is 1. The van der Waals surface area contributed by atoms with Gasteiger partial charge in [-0.3, -0.25) is 4.79 Å². The summed E-state index contributed by atoms with van der Waals surface area (Å²) < 4.78 is 0. The van der Waals surface area contributed by atoms with Gasteiger partial charge in [-0.05, 0) is 56.3 Å². The van der Waals surface area contributed by atoms with Crippen molar-refractivity contribution >= 4 is 12.0 Å². The van der Waals surface area contributed by atoms with Crippen molar-refractivity contribution in [3.63, 3.8) is 0 Å². The molecule has 0 radical (unpaired) electrons. The lowest BCUT2D eigenvalue weighted by Crippen LogP contribution is -2.48. The average Bonchev–Trinajstić information content (AvgIpc) is 3.37. The fraction of sp³-hybridized carbons (Fsp3) is 0.875. The Hall–Kier alpha value is -1.26. The quantitative estimate of drug-likeness (QED) is 0.758. The number of carbonyl (C=O) groups excluding carboxylic acids is 1. The summed E-state index contributed by atoms with van der Waals surface area (Å²) in [6.45, 7) is 0.561. The van der Waals surface area contributed by atoms with Crippen LogP contribution in [-0.2, 0) is 4.79 Å². The molecule has 118 valence electrons. The molecule has 5 heteroatoms. The highest BCUT2D eigenvalue weighted by Gasteiger charge is 2.41. The Morgan fingerprint density at radius 1 is 1.05 bits per heavy atom. The topological polar surface area (TPSA) is 69.6 Å². The van der Waals surface area contributed by atoms with Crippen molar-refractivity contribution in [2.45, 2.75) is 57.4 Å². The highest BCUT2D eigenvalue weighted by atomic mass is 16.4. The zero-order valence-electron chi connectivity index (χ0n) is 12.6. The molecule has 3 aliphatic carbocycles. The van der Waals surface area contributed by atoms with Gasteiger partial charge < -0.3 is 15.3 Å². The van der Waals surface area contributed by atoms with E-state index in [4.69, 9.17) is 5.11 Å². The summed E-state index contributed by atoms with van der Waals surface area (Å²) in [7, 11) is 0. The van der Waals surface area contributed by atoms with Gasteiger partial charge in [0.2, 0.25) is 0 Å². The standard InChI is InChI=1S/C16H26N2O3/c19-15(20)10-18(13-3-1-2-4-13)16(21)17-9-14(11-5-6-11)12-7-8-12/h11-14H,1-10H2,(H,17,21)(H,19,20). The Morgan fingerprint density at radius 2 is 1.62 bits per heavy atom. The monoisotopic (exact) mass is 294 g/mol. The lowest BCUT2D eigenvalue weighted by Gasteiger charge is -2.28. The molecule has 0 saturated heterocycles. The third kappa shape index (κ3) is 3.89. The van der Waals surface area contributed by atoms with Gasteiger partial charge in [0, 0.05) is 12.6 Å². The van der Waals surface area contributed by atoms with Crippen LogP contribution in [0.15, 0.2) is 0 Å². The summed E-state index contributed by atoms with van der Waals surface area (Å²) in [5.41, 5.74) is 0. The number of carboxylic acids is 1. The van der Waals surface area contributed by atoms with Gasteiger partial charge in [0.1, 0.15) is 6.54 Å². The number of rotatable bonds is 7. The predicted molar refractivity (Wildman–Crippen MR) is 78.9 cm³/mol. The van der Waals surface area contributed by atoms with Gasteiger partial charge in [-0.2, -0.15) is 0 Å². The zero-order valence-corrected chi connectivity index (χ0v) is 12.6. The molecule has 0 aromatic rings. The molecule has 0 bridgehead atoms. The number of amides is 2. The normalized spacial score (nSPS) is 22.5. The summed E-state index contributed by atoms with van der Waals surface area (Å²) in [6, 6.07) is -0.0583. The predicted octanol–water partition coefficient (Wildman–Crippen LogP) is 2.46. The lowest BCUT2D eigenvalue weighted by molar-refractivity contribution is -0.138. The Morgan fingerprint density at radius 3 is 2.10 bits per heavy atom. The van der Waals surface area contributed by atoms with Crippen LogP contribution in [0, 0.1) is 17.8 Å². The van der Waals surface area contributed by atoms with Gasteiger partial charge in [-0.25, -0.2) is 4.79 Å². The molecule has 21 heavy (non-hydrogen) atoms. The molecule has 3 saturated carbocycles. The second-order valence-corrected chi connectivity index (χ2v) is 6.98. The van der Waals surface area contributed by atoms with E-state index in [1.54, 1.807) is 4.90 Å². The molecule has 0 aliphatic heterocycles. The summed E-state index contributed by atoms with van der Waals surface area (Å²) in [5.74, 6) is 1.32. The first-order valence-electron chi connectivity index (χ1n) is 8.41. The molecular formula is C16H26N2O3. The van der Waals surface area contributed by atoms with Crippen molar-refractivity contribution in [2.24, 2.45) is 17.8 Å². The minimum Gasteiger partial charge on any atom is -0.480 e. The van der Waals surface area contributed by atoms with E-state index in [1.165, 1.54) is 25.7 Å². The molecule has 0 aromatic carbocycles. The Bertz CT molecular complexity index is 386. The van der Waals surface area contributed by atoms with Crippen LogP contribution < -0.4 is 5.32 Å². The van der Waals surface area contributed by atoms with Crippen LogP contribution in [0.1, 0.15) is 51.4 Å². The molecule has 0 unspecified atom stereocenters. The smallest absolute Gasteiger partial charge is 0.323 e. The van der Waals surface area contributed by atoms with Crippen LogP contribution in [0.2, 0.25) is 0 Å². The highest BCUT2D eigenvalue weighted by Crippen LogP contribution is 2.48. The van der Waals surface area contributed by atoms with Crippen molar-refractivity contribution in [1.82, 2.24) is 10.2 Å². The van der Waals surface area contributed by atoms with E-state index >= 15 is 0 Å². The van der Waals surface area contributed by atoms with E-state index in [0.29, 0.717) is 5.92 Å². The summed E-state index contributed by atoms with van der Waals surface area (Å²) in [6.07, 6.45) is 9.29. The number of hydrogen-bond donors (Lipinski definition) is 2. The number of nitrogens with one attached hydrogen (secondary N) is 1. The lowest BCUT2D eigenvalue weighted by atomic mass is 9.98. The second-order valence-electron chi connectivity index (χ2n) is 6.98. The molecule has 3 aliphatic rings. The first-order chi connectivity index (χ1) is 10.1. The molecule has 3 fully saturated rings. The van der Waals surface area contributed by atoms with Crippen molar-refractivity contribution < 1.29 is 14.7 Å². The first kappa shape index (κ1) is 14.7. The van der Waals surface area contributed by atoms with Crippen LogP contribution in [0.25, 0.3) is 0 Å². The van der Waals surface area contributed by atoms with Crippen molar-refractivity contribution in [3.05, 3.63) is 0 Å². The van der Waals surface area contributed by atoms with E-state index in [2.05, 4.69) is 5.32 Å². The van der Waals surface area contributed by atoms with Gasteiger partial charge in [0.15, 0.2) is 0 Å². The van der Waals surface area contributed by atoms with Crippen LogP contribution in [0.4, 0.5) is 4.79 Å². The zero-order chi connectivity index (χ0) is 14.8. The summed E-state index contributed by atoms with van der Waals surface area (Å²) in [4.78, 5) is 25.0. The third-order valence-electron chi connectivity index (χ3n) is 5.28. The summed E-state index contributed by atoms with van der Waals surface area (Å²) in [5, 5.41) is 12.1. The van der Waals surface area contributed by atoms with E-state index in [-0.39, 0.29) is 18.6 Å². The number of carboxylic acid groups (broad SMARTS) is 1. The van der Waals surface area contributed by atoms with Gasteiger partial charge in [-0.1, -0.05) is 12.8 Å². The molecule has 0 heterocycles. The highest BCUT2D eigenvalue weighted by molar-refractivity contribution is 5.80. The van der Waals surface area contributed by atoms with Gasteiger partial charge in [0.05, 0.1) is 0 Å². The summed E-state index contributed by atoms with van der Waals surface area (Å²) >= 11 is 0. The maximum Gasteiger partial charge on any atom is 0.323 e. The second kappa shape index (κ2) is 6.24. The number of carbonyl (C=O) groups is 2. The SMILES string of the molecule is O=C(O)CN(C(=O)NCC(C1CC1)C1CC1)C1CCCC1. The number of nitrogens with zero attached hydrogens (tertiary/aromatic N) is 1. The molecule has 3 rings (SSSR count). The van der Waals surface area contributed by atoms with Crippen LogP contribution in [0.3, 0.4) is 0 Å². The average molecular weight is 294 g/mol. The molecular weight excluding hydrogens is 268 g/mol. The molecule has 0 aromatic heterocycles. The molecule has 2 amide bonds. The maximum atomic E-state index is 12.4.